The summed E-state index contributed by atoms with van der Waals surface area (Å²) >= 11 is 0. The molecule has 0 saturated heterocycles. The fourth-order valence-electron chi connectivity index (χ4n) is 4.68. The molecule has 1 aliphatic heterocycles. The SMILES string of the molecule is CCOc1nc(N)c2c(n1)CCN(c1ccc(C3CCC(CC(=O)O)CC3)cc1)C2=O. The average molecular weight is 425 g/mol. The molecular weight excluding hydrogens is 396 g/mol. The lowest BCUT2D eigenvalue weighted by Gasteiger charge is -2.30. The number of nitrogens with zero attached hydrogens (tertiary/aromatic N) is 3. The van der Waals surface area contributed by atoms with Crippen molar-refractivity contribution >= 4 is 23.4 Å². The molecule has 8 heteroatoms. The summed E-state index contributed by atoms with van der Waals surface area (Å²) in [4.78, 5) is 34.2. The highest BCUT2D eigenvalue weighted by Gasteiger charge is 2.31. The summed E-state index contributed by atoms with van der Waals surface area (Å²) in [7, 11) is 0. The number of anilines is 2. The molecule has 0 atom stereocenters. The van der Waals surface area contributed by atoms with Crippen molar-refractivity contribution in [3.05, 3.63) is 41.1 Å². The van der Waals surface area contributed by atoms with Crippen LogP contribution in [0, 0.1) is 5.92 Å². The van der Waals surface area contributed by atoms with Crippen molar-refractivity contribution < 1.29 is 19.4 Å². The van der Waals surface area contributed by atoms with E-state index >= 15 is 0 Å². The summed E-state index contributed by atoms with van der Waals surface area (Å²) in [5.41, 5.74) is 9.11. The van der Waals surface area contributed by atoms with Gasteiger partial charge in [-0.05, 0) is 62.1 Å². The van der Waals surface area contributed by atoms with Crippen LogP contribution in [0.2, 0.25) is 0 Å². The summed E-state index contributed by atoms with van der Waals surface area (Å²) in [6, 6.07) is 8.33. The summed E-state index contributed by atoms with van der Waals surface area (Å²) < 4.78 is 5.34. The van der Waals surface area contributed by atoms with E-state index in [1.54, 1.807) is 4.90 Å². The van der Waals surface area contributed by atoms with E-state index in [2.05, 4.69) is 22.1 Å². The molecule has 2 aliphatic rings. The lowest BCUT2D eigenvalue weighted by atomic mass is 9.77. The Kier molecular flexibility index (Phi) is 6.06. The normalized spacial score (nSPS) is 20.9. The number of benzene rings is 1. The molecule has 0 bridgehead atoms. The Morgan fingerprint density at radius 2 is 1.90 bits per heavy atom. The molecule has 1 fully saturated rings. The van der Waals surface area contributed by atoms with Crippen molar-refractivity contribution in [1.29, 1.82) is 0 Å². The first-order chi connectivity index (χ1) is 15.0. The molecule has 1 amide bonds. The molecule has 8 nitrogen and oxygen atoms in total. The Balaban J connectivity index is 1.45. The molecule has 1 aliphatic carbocycles. The monoisotopic (exact) mass is 424 g/mol. The van der Waals surface area contributed by atoms with E-state index in [-0.39, 0.29) is 30.1 Å². The van der Waals surface area contributed by atoms with E-state index in [0.717, 1.165) is 31.4 Å². The van der Waals surface area contributed by atoms with Crippen molar-refractivity contribution in [2.75, 3.05) is 23.8 Å². The van der Waals surface area contributed by atoms with Gasteiger partial charge in [-0.2, -0.15) is 9.97 Å². The van der Waals surface area contributed by atoms with Gasteiger partial charge in [-0.25, -0.2) is 0 Å². The number of carboxylic acids is 1. The zero-order chi connectivity index (χ0) is 22.0. The second-order valence-corrected chi connectivity index (χ2v) is 8.26. The van der Waals surface area contributed by atoms with Gasteiger partial charge in [-0.15, -0.1) is 0 Å². The van der Waals surface area contributed by atoms with Crippen molar-refractivity contribution in [2.45, 2.75) is 51.4 Å². The summed E-state index contributed by atoms with van der Waals surface area (Å²) in [5, 5.41) is 8.99. The molecule has 31 heavy (non-hydrogen) atoms. The number of amides is 1. The van der Waals surface area contributed by atoms with Gasteiger partial charge in [0, 0.05) is 25.1 Å². The topological polar surface area (TPSA) is 119 Å². The van der Waals surface area contributed by atoms with Gasteiger partial charge in [-0.3, -0.25) is 9.59 Å². The second kappa shape index (κ2) is 8.91. The maximum absolute atomic E-state index is 13.1. The minimum Gasteiger partial charge on any atom is -0.481 e. The molecular formula is C23H28N4O4. The predicted octanol–water partition coefficient (Wildman–Crippen LogP) is 3.41. The zero-order valence-electron chi connectivity index (χ0n) is 17.7. The Hall–Kier alpha value is -3.16. The molecule has 2 heterocycles. The van der Waals surface area contributed by atoms with Gasteiger partial charge < -0.3 is 20.5 Å². The van der Waals surface area contributed by atoms with Crippen LogP contribution < -0.4 is 15.4 Å². The number of nitrogens with two attached hydrogens (primary N) is 1. The highest BCUT2D eigenvalue weighted by molar-refractivity contribution is 6.10. The largest absolute Gasteiger partial charge is 0.481 e. The number of rotatable bonds is 6. The van der Waals surface area contributed by atoms with Crippen LogP contribution in [-0.2, 0) is 11.2 Å². The molecule has 0 unspecified atom stereocenters. The van der Waals surface area contributed by atoms with E-state index in [4.69, 9.17) is 15.6 Å². The number of hydrogen-bond donors (Lipinski definition) is 2. The van der Waals surface area contributed by atoms with E-state index in [1.165, 1.54) is 5.56 Å². The predicted molar refractivity (Wildman–Crippen MR) is 116 cm³/mol. The van der Waals surface area contributed by atoms with Gasteiger partial charge in [0.2, 0.25) is 0 Å². The van der Waals surface area contributed by atoms with Gasteiger partial charge in [0.25, 0.3) is 5.91 Å². The maximum Gasteiger partial charge on any atom is 0.318 e. The van der Waals surface area contributed by atoms with E-state index < -0.39 is 5.97 Å². The first-order valence-electron chi connectivity index (χ1n) is 10.9. The molecule has 1 aromatic carbocycles. The van der Waals surface area contributed by atoms with Crippen molar-refractivity contribution in [1.82, 2.24) is 9.97 Å². The fourth-order valence-corrected chi connectivity index (χ4v) is 4.68. The van der Waals surface area contributed by atoms with Crippen LogP contribution in [0.25, 0.3) is 0 Å². The minimum absolute atomic E-state index is 0.151. The standard InChI is InChI=1S/C23H28N4O4/c1-2-31-23-25-18-11-12-27(22(30)20(18)21(24)26-23)17-9-7-16(8-10-17)15-5-3-14(4-6-15)13-19(28)29/h7-10,14-15H,2-6,11-13H2,1H3,(H,28,29)(H2,24,25,26). The molecule has 4 rings (SSSR count). The Morgan fingerprint density at radius 3 is 2.55 bits per heavy atom. The van der Waals surface area contributed by atoms with E-state index in [9.17, 15) is 9.59 Å². The molecule has 2 aromatic rings. The quantitative estimate of drug-likeness (QED) is 0.729. The van der Waals surface area contributed by atoms with Crippen LogP contribution in [0.4, 0.5) is 11.5 Å². The number of hydrogen-bond acceptors (Lipinski definition) is 6. The second-order valence-electron chi connectivity index (χ2n) is 8.26. The third-order valence-electron chi connectivity index (χ3n) is 6.28. The Morgan fingerprint density at radius 1 is 1.19 bits per heavy atom. The van der Waals surface area contributed by atoms with Gasteiger partial charge in [0.05, 0.1) is 12.3 Å². The number of carboxylic acid groups (broad SMARTS) is 1. The van der Waals surface area contributed by atoms with Gasteiger partial charge in [0.1, 0.15) is 11.4 Å². The Bertz CT molecular complexity index is 968. The number of nitrogen functional groups attached to an aromatic ring is 1. The van der Waals surface area contributed by atoms with Gasteiger partial charge in [0.15, 0.2) is 0 Å². The smallest absolute Gasteiger partial charge is 0.318 e. The van der Waals surface area contributed by atoms with Crippen molar-refractivity contribution in [3.63, 3.8) is 0 Å². The average Bonchev–Trinajstić information content (AvgIpc) is 2.74. The number of fused-ring (bicyclic) bond motifs is 1. The highest BCUT2D eigenvalue weighted by atomic mass is 16.5. The van der Waals surface area contributed by atoms with Gasteiger partial charge in [-0.1, -0.05) is 12.1 Å². The van der Waals surface area contributed by atoms with Crippen LogP contribution in [0.3, 0.4) is 0 Å². The maximum atomic E-state index is 13.1. The Labute approximate surface area is 181 Å². The van der Waals surface area contributed by atoms with Gasteiger partial charge >= 0.3 is 12.0 Å². The molecule has 3 N–H and O–H groups in total. The van der Waals surface area contributed by atoms with Crippen LogP contribution in [0.15, 0.2) is 24.3 Å². The zero-order valence-corrected chi connectivity index (χ0v) is 17.7. The number of carbonyl (C=O) groups excluding carboxylic acids is 1. The van der Waals surface area contributed by atoms with E-state index in [1.807, 2.05) is 19.1 Å². The molecule has 164 valence electrons. The number of aromatic nitrogens is 2. The summed E-state index contributed by atoms with van der Waals surface area (Å²) in [6.07, 6.45) is 4.76. The summed E-state index contributed by atoms with van der Waals surface area (Å²) in [6.45, 7) is 2.80. The minimum atomic E-state index is -0.708. The summed E-state index contributed by atoms with van der Waals surface area (Å²) in [5.74, 6) is -0.0183. The lowest BCUT2D eigenvalue weighted by Crippen LogP contribution is -2.39. The number of aliphatic carboxylic acids is 1. The third kappa shape index (κ3) is 4.47. The highest BCUT2D eigenvalue weighted by Crippen LogP contribution is 2.38. The molecule has 0 radical (unpaired) electrons. The first kappa shape index (κ1) is 21.1. The van der Waals surface area contributed by atoms with Crippen LogP contribution in [-0.4, -0.2) is 40.1 Å². The number of ether oxygens (including phenoxy) is 1. The molecule has 1 saturated carbocycles. The molecule has 0 spiro atoms. The van der Waals surface area contributed by atoms with Crippen LogP contribution in [0.1, 0.15) is 66.6 Å². The first-order valence-corrected chi connectivity index (χ1v) is 10.9. The number of carbonyl (C=O) groups is 2. The third-order valence-corrected chi connectivity index (χ3v) is 6.28. The van der Waals surface area contributed by atoms with Crippen LogP contribution >= 0.6 is 0 Å². The van der Waals surface area contributed by atoms with Crippen molar-refractivity contribution in [3.8, 4) is 6.01 Å². The van der Waals surface area contributed by atoms with E-state index in [0.29, 0.717) is 36.7 Å². The fraction of sp³-hybridized carbons (Fsp3) is 0.478. The van der Waals surface area contributed by atoms with Crippen LogP contribution in [0.5, 0.6) is 6.01 Å². The lowest BCUT2D eigenvalue weighted by molar-refractivity contribution is -0.138. The molecule has 1 aromatic heterocycles. The van der Waals surface area contributed by atoms with Crippen molar-refractivity contribution in [2.24, 2.45) is 5.92 Å².